The molecule has 3 N–H and O–H groups in total. The van der Waals surface area contributed by atoms with Gasteiger partial charge in [0.05, 0.1) is 25.4 Å². The fourth-order valence-corrected chi connectivity index (χ4v) is 13.5. The van der Waals surface area contributed by atoms with E-state index >= 15 is 0 Å². The molecule has 0 heterocycles. The van der Waals surface area contributed by atoms with Gasteiger partial charge in [-0.1, -0.05) is 450 Å². The van der Waals surface area contributed by atoms with Crippen LogP contribution in [-0.4, -0.2) is 47.4 Å². The number of allylic oxidation sites excluding steroid dienone is 1. The molecule has 0 aliphatic rings. The Kier molecular flexibility index (Phi) is 77.8. The van der Waals surface area contributed by atoms with Gasteiger partial charge in [-0.2, -0.15) is 0 Å². The van der Waals surface area contributed by atoms with Crippen molar-refractivity contribution >= 4 is 11.9 Å². The summed E-state index contributed by atoms with van der Waals surface area (Å²) >= 11 is 0. The van der Waals surface area contributed by atoms with Gasteiger partial charge in [-0.3, -0.25) is 9.59 Å². The van der Waals surface area contributed by atoms with Crippen molar-refractivity contribution in [3.05, 3.63) is 12.2 Å². The van der Waals surface area contributed by atoms with Gasteiger partial charge in [0.2, 0.25) is 5.91 Å². The van der Waals surface area contributed by atoms with Crippen molar-refractivity contribution in [1.82, 2.24) is 5.32 Å². The van der Waals surface area contributed by atoms with E-state index in [0.717, 1.165) is 38.5 Å². The maximum Gasteiger partial charge on any atom is 0.305 e. The number of esters is 1. The average molecular weight is 1260 g/mol. The molecule has 2 unspecified atom stereocenters. The van der Waals surface area contributed by atoms with Crippen LogP contribution in [0.1, 0.15) is 483 Å². The molecule has 0 spiro atoms. The monoisotopic (exact) mass is 1250 g/mol. The minimum Gasteiger partial charge on any atom is -0.466 e. The third kappa shape index (κ3) is 75.5. The molecule has 2 atom stereocenters. The molecule has 0 saturated heterocycles. The van der Waals surface area contributed by atoms with Crippen molar-refractivity contribution in [2.24, 2.45) is 0 Å². The summed E-state index contributed by atoms with van der Waals surface area (Å²) in [5.74, 6) is -0.0307. The molecule has 1 amide bonds. The Bertz CT molecular complexity index is 1350. The van der Waals surface area contributed by atoms with Gasteiger partial charge in [0.1, 0.15) is 0 Å². The summed E-state index contributed by atoms with van der Waals surface area (Å²) in [7, 11) is 0. The molecule has 0 fully saturated rings. The maximum absolute atomic E-state index is 12.6. The van der Waals surface area contributed by atoms with Crippen molar-refractivity contribution in [2.75, 3.05) is 13.2 Å². The number of unbranched alkanes of at least 4 members (excludes halogenated alkanes) is 68. The summed E-state index contributed by atoms with van der Waals surface area (Å²) in [5.41, 5.74) is 0. The highest BCUT2D eigenvalue weighted by Gasteiger charge is 2.18. The molecule has 89 heavy (non-hydrogen) atoms. The Labute approximate surface area is 559 Å². The Hall–Kier alpha value is -1.40. The van der Waals surface area contributed by atoms with Crippen molar-refractivity contribution in [3.8, 4) is 0 Å². The summed E-state index contributed by atoms with van der Waals surface area (Å²) in [6, 6.07) is -0.625. The molecule has 0 aromatic carbocycles. The number of aliphatic hydroxyl groups is 2. The molecule has 0 aromatic rings. The highest BCUT2D eigenvalue weighted by molar-refractivity contribution is 5.76. The van der Waals surface area contributed by atoms with Crippen molar-refractivity contribution in [2.45, 2.75) is 495 Å². The van der Waals surface area contributed by atoms with Gasteiger partial charge in [-0.05, 0) is 32.1 Å². The lowest BCUT2D eigenvalue weighted by Gasteiger charge is -2.20. The fourth-order valence-electron chi connectivity index (χ4n) is 13.5. The lowest BCUT2D eigenvalue weighted by Crippen LogP contribution is -2.45. The highest BCUT2D eigenvalue weighted by Crippen LogP contribution is 2.21. The summed E-state index contributed by atoms with van der Waals surface area (Å²) in [4.78, 5) is 24.7. The number of aliphatic hydroxyl groups excluding tert-OH is 2. The molecule has 530 valence electrons. The van der Waals surface area contributed by atoms with E-state index in [0.29, 0.717) is 19.4 Å². The number of hydrogen-bond donors (Lipinski definition) is 3. The second-order valence-corrected chi connectivity index (χ2v) is 28.8. The van der Waals surface area contributed by atoms with Gasteiger partial charge >= 0.3 is 5.97 Å². The van der Waals surface area contributed by atoms with Crippen molar-refractivity contribution < 1.29 is 24.5 Å². The third-order valence-electron chi connectivity index (χ3n) is 19.8. The number of hydrogen-bond acceptors (Lipinski definition) is 5. The quantitative estimate of drug-likeness (QED) is 0.0320. The van der Waals surface area contributed by atoms with Crippen molar-refractivity contribution in [3.63, 3.8) is 0 Å². The van der Waals surface area contributed by atoms with Gasteiger partial charge < -0.3 is 20.3 Å². The van der Waals surface area contributed by atoms with Crippen LogP contribution in [0.5, 0.6) is 0 Å². The van der Waals surface area contributed by atoms with Crippen LogP contribution in [0.4, 0.5) is 0 Å². The largest absolute Gasteiger partial charge is 0.466 e. The number of carbonyl (C=O) groups is 2. The average Bonchev–Trinajstić information content (AvgIpc) is 3.60. The van der Waals surface area contributed by atoms with E-state index in [4.69, 9.17) is 4.74 Å². The molecule has 0 radical (unpaired) electrons. The zero-order valence-corrected chi connectivity index (χ0v) is 61.0. The van der Waals surface area contributed by atoms with Gasteiger partial charge in [0, 0.05) is 12.8 Å². The molecule has 0 rings (SSSR count). The minimum atomic E-state index is -0.842. The predicted octanol–water partition coefficient (Wildman–Crippen LogP) is 27.4. The van der Waals surface area contributed by atoms with E-state index < -0.39 is 12.1 Å². The van der Waals surface area contributed by atoms with Crippen LogP contribution in [0.15, 0.2) is 12.2 Å². The summed E-state index contributed by atoms with van der Waals surface area (Å²) in [6.45, 7) is 4.97. The van der Waals surface area contributed by atoms with Crippen LogP contribution in [0.25, 0.3) is 0 Å². The molecule has 6 heteroatoms. The van der Waals surface area contributed by atoms with Gasteiger partial charge in [0.15, 0.2) is 0 Å². The Morgan fingerprint density at radius 1 is 0.303 bits per heavy atom. The minimum absolute atomic E-state index is 0.0268. The smallest absolute Gasteiger partial charge is 0.305 e. The number of nitrogens with one attached hydrogen (secondary N) is 1. The van der Waals surface area contributed by atoms with Crippen LogP contribution in [0, 0.1) is 0 Å². The van der Waals surface area contributed by atoms with E-state index in [1.165, 1.54) is 417 Å². The number of ether oxygens (including phenoxy) is 1. The second-order valence-electron chi connectivity index (χ2n) is 28.8. The first-order valence-corrected chi connectivity index (χ1v) is 41.5. The van der Waals surface area contributed by atoms with E-state index in [9.17, 15) is 19.8 Å². The first-order chi connectivity index (χ1) is 44.0. The molecule has 0 aliphatic carbocycles. The number of amides is 1. The molecule has 0 saturated carbocycles. The molecule has 0 aromatic heterocycles. The zero-order valence-electron chi connectivity index (χ0n) is 61.0. The van der Waals surface area contributed by atoms with Gasteiger partial charge in [0.25, 0.3) is 0 Å². The molecule has 6 nitrogen and oxygen atoms in total. The molecular weight excluding hydrogens is 1090 g/mol. The van der Waals surface area contributed by atoms with Gasteiger partial charge in [-0.25, -0.2) is 0 Å². The van der Waals surface area contributed by atoms with E-state index in [-0.39, 0.29) is 18.5 Å². The summed E-state index contributed by atoms with van der Waals surface area (Å²) in [5, 5.41) is 23.3. The lowest BCUT2D eigenvalue weighted by atomic mass is 10.0. The maximum atomic E-state index is 12.6. The first-order valence-electron chi connectivity index (χ1n) is 41.5. The Morgan fingerprint density at radius 2 is 0.517 bits per heavy atom. The number of carbonyl (C=O) groups excluding carboxylic acids is 2. The third-order valence-corrected chi connectivity index (χ3v) is 19.8. The standard InChI is InChI=1S/C83H163NO5/c1-3-5-7-9-11-13-15-17-19-21-22-23-37-40-44-47-51-55-59-63-67-71-75-81(86)80(79-85)84-82(87)76-72-68-64-60-56-52-48-45-41-38-35-33-31-29-27-25-24-26-28-30-32-34-36-39-42-46-50-54-58-62-66-70-74-78-89-83(88)77-73-69-65-61-57-53-49-43-20-18-16-14-12-10-8-6-4-2/h71,75,80-81,85-86H,3-70,72-74,76-79H2,1-2H3,(H,84,87)/b75-71+. The highest BCUT2D eigenvalue weighted by atomic mass is 16.5. The van der Waals surface area contributed by atoms with Crippen LogP contribution in [0.3, 0.4) is 0 Å². The summed E-state index contributed by atoms with van der Waals surface area (Å²) in [6.07, 6.45) is 101. The second kappa shape index (κ2) is 79.0. The van der Waals surface area contributed by atoms with Gasteiger partial charge in [-0.15, -0.1) is 0 Å². The topological polar surface area (TPSA) is 95.9 Å². The Balaban J connectivity index is 3.33. The fraction of sp³-hybridized carbons (Fsp3) is 0.952. The zero-order chi connectivity index (χ0) is 64.2. The lowest BCUT2D eigenvalue weighted by molar-refractivity contribution is -0.143. The predicted molar refractivity (Wildman–Crippen MR) is 394 cm³/mol. The van der Waals surface area contributed by atoms with Crippen molar-refractivity contribution in [1.29, 1.82) is 0 Å². The van der Waals surface area contributed by atoms with Crippen LogP contribution < -0.4 is 5.32 Å². The molecule has 0 bridgehead atoms. The van der Waals surface area contributed by atoms with Crippen LogP contribution in [0.2, 0.25) is 0 Å². The SMILES string of the molecule is CCCCCCCCCCCCCCCCCCCCCC/C=C/C(O)C(CO)NC(=O)CCCCCCCCCCCCCCCCCCCCCCCCCCCCCCCCCCCOC(=O)CCCCCCCCCCCCCCCCCCC. The summed E-state index contributed by atoms with van der Waals surface area (Å²) < 4.78 is 5.52. The number of rotatable bonds is 79. The van der Waals surface area contributed by atoms with Crippen LogP contribution in [-0.2, 0) is 14.3 Å². The first kappa shape index (κ1) is 87.6. The van der Waals surface area contributed by atoms with Crippen LogP contribution >= 0.6 is 0 Å². The normalized spacial score (nSPS) is 12.4. The molecule has 0 aliphatic heterocycles. The van der Waals surface area contributed by atoms with E-state index in [1.807, 2.05) is 6.08 Å². The van der Waals surface area contributed by atoms with E-state index in [1.54, 1.807) is 6.08 Å². The Morgan fingerprint density at radius 3 is 0.764 bits per heavy atom. The molecular formula is C83H163NO5. The van der Waals surface area contributed by atoms with E-state index in [2.05, 4.69) is 19.2 Å².